The number of fused-ring (bicyclic) bond motifs is 1. The molecule has 0 saturated carbocycles. The molecule has 0 aromatic carbocycles. The average molecular weight is 362 g/mol. The number of carbonyl (C=O) groups excluding carboxylic acids is 1. The smallest absolute Gasteiger partial charge is 0.267 e. The van der Waals surface area contributed by atoms with Gasteiger partial charge in [-0.1, -0.05) is 5.16 Å². The van der Waals surface area contributed by atoms with E-state index in [0.29, 0.717) is 52.0 Å². The Morgan fingerprint density at radius 1 is 1.44 bits per heavy atom. The highest BCUT2D eigenvalue weighted by Crippen LogP contribution is 2.27. The Hall–Kier alpha value is -2.52. The Labute approximate surface area is 147 Å². The zero-order valence-electron chi connectivity index (χ0n) is 14.2. The molecule has 25 heavy (non-hydrogen) atoms. The van der Waals surface area contributed by atoms with Crippen LogP contribution in [0.3, 0.4) is 0 Å². The molecule has 1 amide bonds. The van der Waals surface area contributed by atoms with E-state index in [1.54, 1.807) is 19.9 Å². The van der Waals surface area contributed by atoms with Gasteiger partial charge in [0.25, 0.3) is 11.5 Å². The van der Waals surface area contributed by atoms with Gasteiger partial charge in [-0.3, -0.25) is 14.2 Å². The molecule has 8 nitrogen and oxygen atoms in total. The number of hydrogen-bond acceptors (Lipinski definition) is 7. The predicted molar refractivity (Wildman–Crippen MR) is 94.3 cm³/mol. The second-order valence-corrected chi connectivity index (χ2v) is 6.45. The maximum Gasteiger partial charge on any atom is 0.267 e. The third kappa shape index (κ3) is 3.47. The summed E-state index contributed by atoms with van der Waals surface area (Å²) in [7, 11) is 0. The van der Waals surface area contributed by atoms with Crippen molar-refractivity contribution in [2.24, 2.45) is 0 Å². The number of carbonyl (C=O) groups is 1. The van der Waals surface area contributed by atoms with Crippen LogP contribution in [0.2, 0.25) is 0 Å². The number of amides is 1. The van der Waals surface area contributed by atoms with Crippen LogP contribution in [0, 0.1) is 13.8 Å². The molecule has 0 radical (unpaired) electrons. The SMILES string of the molecule is CCOCCn1cnc2sc(C(=O)Nc3cc(C)on3)c(C)c2c1=O. The first-order valence-electron chi connectivity index (χ1n) is 7.82. The molecule has 0 aliphatic carbocycles. The lowest BCUT2D eigenvalue weighted by Crippen LogP contribution is -2.23. The molecular formula is C16H18N4O4S. The number of aryl methyl sites for hydroxylation is 2. The molecule has 9 heteroatoms. The third-order valence-electron chi connectivity index (χ3n) is 3.67. The maximum absolute atomic E-state index is 12.7. The Balaban J connectivity index is 1.92. The molecule has 0 fully saturated rings. The lowest BCUT2D eigenvalue weighted by atomic mass is 10.2. The monoisotopic (exact) mass is 362 g/mol. The van der Waals surface area contributed by atoms with Crippen molar-refractivity contribution in [3.63, 3.8) is 0 Å². The number of aromatic nitrogens is 3. The number of rotatable bonds is 6. The second-order valence-electron chi connectivity index (χ2n) is 5.45. The molecule has 0 atom stereocenters. The Morgan fingerprint density at radius 2 is 2.24 bits per heavy atom. The van der Waals surface area contributed by atoms with Gasteiger partial charge in [-0.15, -0.1) is 11.3 Å². The highest BCUT2D eigenvalue weighted by molar-refractivity contribution is 7.20. The minimum absolute atomic E-state index is 0.171. The Bertz CT molecular complexity index is 972. The van der Waals surface area contributed by atoms with Crippen LogP contribution < -0.4 is 10.9 Å². The van der Waals surface area contributed by atoms with Crippen molar-refractivity contribution in [1.29, 1.82) is 0 Å². The van der Waals surface area contributed by atoms with E-state index in [9.17, 15) is 9.59 Å². The zero-order chi connectivity index (χ0) is 18.0. The van der Waals surface area contributed by atoms with Gasteiger partial charge >= 0.3 is 0 Å². The van der Waals surface area contributed by atoms with Gasteiger partial charge < -0.3 is 14.6 Å². The molecule has 3 aromatic rings. The molecule has 0 aliphatic rings. The van der Waals surface area contributed by atoms with Crippen LogP contribution in [0.15, 0.2) is 21.7 Å². The topological polar surface area (TPSA) is 99.2 Å². The number of anilines is 1. The molecule has 0 saturated heterocycles. The highest BCUT2D eigenvalue weighted by atomic mass is 32.1. The standard InChI is InChI=1S/C16H18N4O4S/c1-4-23-6-5-20-8-17-15-12(16(20)22)10(3)13(25-15)14(21)18-11-7-9(2)24-19-11/h7-8H,4-6H2,1-3H3,(H,18,19,21). The second kappa shape index (κ2) is 7.16. The Kier molecular flexibility index (Phi) is 4.95. The summed E-state index contributed by atoms with van der Waals surface area (Å²) < 4.78 is 11.7. The first-order chi connectivity index (χ1) is 12.0. The first kappa shape index (κ1) is 17.3. The van der Waals surface area contributed by atoms with Crippen LogP contribution in [-0.4, -0.2) is 33.8 Å². The maximum atomic E-state index is 12.7. The largest absolute Gasteiger partial charge is 0.380 e. The van der Waals surface area contributed by atoms with Crippen LogP contribution in [-0.2, 0) is 11.3 Å². The molecular weight excluding hydrogens is 344 g/mol. The molecule has 3 aromatic heterocycles. The molecule has 3 rings (SSSR count). The number of hydrogen-bond donors (Lipinski definition) is 1. The fraction of sp³-hybridized carbons (Fsp3) is 0.375. The van der Waals surface area contributed by atoms with E-state index in [-0.39, 0.29) is 11.5 Å². The summed E-state index contributed by atoms with van der Waals surface area (Å²) in [6.07, 6.45) is 1.49. The van der Waals surface area contributed by atoms with E-state index in [2.05, 4.69) is 15.5 Å². The van der Waals surface area contributed by atoms with E-state index >= 15 is 0 Å². The molecule has 0 unspecified atom stereocenters. The number of nitrogens with one attached hydrogen (secondary N) is 1. The summed E-state index contributed by atoms with van der Waals surface area (Å²) in [6.45, 7) is 6.83. The Morgan fingerprint density at radius 3 is 2.92 bits per heavy atom. The lowest BCUT2D eigenvalue weighted by molar-refractivity contribution is 0.102. The van der Waals surface area contributed by atoms with Crippen LogP contribution in [0.1, 0.15) is 27.9 Å². The van der Waals surface area contributed by atoms with E-state index in [4.69, 9.17) is 9.26 Å². The van der Waals surface area contributed by atoms with Crippen molar-refractivity contribution in [2.75, 3.05) is 18.5 Å². The van der Waals surface area contributed by atoms with Crippen molar-refractivity contribution < 1.29 is 14.1 Å². The number of ether oxygens (including phenoxy) is 1. The van der Waals surface area contributed by atoms with E-state index in [1.807, 2.05) is 6.92 Å². The summed E-state index contributed by atoms with van der Waals surface area (Å²) in [4.78, 5) is 30.4. The van der Waals surface area contributed by atoms with Crippen LogP contribution in [0.4, 0.5) is 5.82 Å². The van der Waals surface area contributed by atoms with Gasteiger partial charge in [-0.2, -0.15) is 0 Å². The summed E-state index contributed by atoms with van der Waals surface area (Å²) in [5.41, 5.74) is 0.441. The van der Waals surface area contributed by atoms with Gasteiger partial charge in [0, 0.05) is 12.7 Å². The fourth-order valence-corrected chi connectivity index (χ4v) is 3.48. The average Bonchev–Trinajstić information content (AvgIpc) is 3.13. The molecule has 3 heterocycles. The minimum atomic E-state index is -0.339. The van der Waals surface area contributed by atoms with Crippen molar-refractivity contribution in [3.05, 3.63) is 38.9 Å². The van der Waals surface area contributed by atoms with Gasteiger partial charge in [0.2, 0.25) is 0 Å². The fourth-order valence-electron chi connectivity index (χ4n) is 2.44. The van der Waals surface area contributed by atoms with E-state index in [1.165, 1.54) is 22.2 Å². The van der Waals surface area contributed by atoms with Crippen LogP contribution in [0.25, 0.3) is 10.2 Å². The van der Waals surface area contributed by atoms with Crippen molar-refractivity contribution in [3.8, 4) is 0 Å². The van der Waals surface area contributed by atoms with Crippen molar-refractivity contribution in [1.82, 2.24) is 14.7 Å². The van der Waals surface area contributed by atoms with Gasteiger partial charge in [-0.05, 0) is 26.3 Å². The normalized spacial score (nSPS) is 11.2. The minimum Gasteiger partial charge on any atom is -0.380 e. The third-order valence-corrected chi connectivity index (χ3v) is 4.87. The summed E-state index contributed by atoms with van der Waals surface area (Å²) in [5, 5.41) is 6.87. The highest BCUT2D eigenvalue weighted by Gasteiger charge is 2.20. The van der Waals surface area contributed by atoms with Crippen LogP contribution >= 0.6 is 11.3 Å². The summed E-state index contributed by atoms with van der Waals surface area (Å²) in [6, 6.07) is 1.62. The molecule has 0 spiro atoms. The first-order valence-corrected chi connectivity index (χ1v) is 8.63. The zero-order valence-corrected chi connectivity index (χ0v) is 15.0. The quantitative estimate of drug-likeness (QED) is 0.676. The number of thiophene rings is 1. The summed E-state index contributed by atoms with van der Waals surface area (Å²) in [5.74, 6) is 0.595. The van der Waals surface area contributed by atoms with Gasteiger partial charge in [-0.25, -0.2) is 4.98 Å². The number of nitrogens with zero attached hydrogens (tertiary/aromatic N) is 3. The molecule has 1 N–H and O–H groups in total. The van der Waals surface area contributed by atoms with Gasteiger partial charge in [0.1, 0.15) is 10.6 Å². The summed E-state index contributed by atoms with van der Waals surface area (Å²) >= 11 is 1.18. The van der Waals surface area contributed by atoms with E-state index in [0.717, 1.165) is 0 Å². The lowest BCUT2D eigenvalue weighted by Gasteiger charge is -2.05. The van der Waals surface area contributed by atoms with Crippen LogP contribution in [0.5, 0.6) is 0 Å². The predicted octanol–water partition coefficient (Wildman–Crippen LogP) is 2.35. The molecule has 132 valence electrons. The van der Waals surface area contributed by atoms with E-state index < -0.39 is 0 Å². The van der Waals surface area contributed by atoms with Gasteiger partial charge in [0.05, 0.1) is 29.7 Å². The van der Waals surface area contributed by atoms with Crippen molar-refractivity contribution in [2.45, 2.75) is 27.3 Å². The van der Waals surface area contributed by atoms with Gasteiger partial charge in [0.15, 0.2) is 5.82 Å². The molecule has 0 aliphatic heterocycles. The molecule has 0 bridgehead atoms. The van der Waals surface area contributed by atoms with Crippen molar-refractivity contribution >= 4 is 33.3 Å².